The molecule has 0 radical (unpaired) electrons. The zero-order valence-corrected chi connectivity index (χ0v) is 15.0. The Labute approximate surface area is 145 Å². The number of piperazine rings is 1. The summed E-state index contributed by atoms with van der Waals surface area (Å²) in [5, 5.41) is 3.51. The van der Waals surface area contributed by atoms with E-state index in [4.69, 9.17) is 4.74 Å². The number of nitrogens with zero attached hydrogens (tertiary/aromatic N) is 4. The molecule has 0 aromatic carbocycles. The first-order valence-corrected chi connectivity index (χ1v) is 9.18. The Morgan fingerprint density at radius 2 is 1.96 bits per heavy atom. The maximum atomic E-state index is 11.8. The van der Waals surface area contributed by atoms with Crippen LogP contribution in [0.4, 0.5) is 0 Å². The molecule has 1 saturated carbocycles. The average Bonchev–Trinajstić information content (AvgIpc) is 3.25. The van der Waals surface area contributed by atoms with Gasteiger partial charge in [0, 0.05) is 59.5 Å². The third-order valence-electron chi connectivity index (χ3n) is 4.99. The molecule has 0 aromatic rings. The fourth-order valence-electron chi connectivity index (χ4n) is 3.17. The topological polar surface area (TPSA) is 60.4 Å². The number of amides is 1. The molecule has 136 valence electrons. The highest BCUT2D eigenvalue weighted by Gasteiger charge is 2.28. The van der Waals surface area contributed by atoms with Crippen molar-refractivity contribution in [1.82, 2.24) is 20.0 Å². The van der Waals surface area contributed by atoms with Crippen LogP contribution in [0.1, 0.15) is 19.3 Å². The first kappa shape index (κ1) is 17.5. The lowest BCUT2D eigenvalue weighted by molar-refractivity contribution is -0.127. The van der Waals surface area contributed by atoms with Gasteiger partial charge in [-0.3, -0.25) is 9.69 Å². The number of carbonyl (C=O) groups excluding carboxylic acids is 1. The number of likely N-dealkylation sites (N-methyl/N-ethyl adjacent to an activating group) is 1. The van der Waals surface area contributed by atoms with Crippen molar-refractivity contribution in [3.8, 4) is 0 Å². The molecular weight excluding hydrogens is 306 g/mol. The molecule has 3 rings (SSSR count). The van der Waals surface area contributed by atoms with E-state index >= 15 is 0 Å². The predicted molar refractivity (Wildman–Crippen MR) is 94.1 cm³/mol. The maximum absolute atomic E-state index is 11.8. The van der Waals surface area contributed by atoms with E-state index < -0.39 is 0 Å². The first-order valence-electron chi connectivity index (χ1n) is 9.18. The van der Waals surface area contributed by atoms with Crippen molar-refractivity contribution in [2.45, 2.75) is 25.3 Å². The van der Waals surface area contributed by atoms with E-state index in [1.807, 2.05) is 0 Å². The summed E-state index contributed by atoms with van der Waals surface area (Å²) in [6.45, 7) is 7.28. The molecular formula is C17H31N5O2. The molecule has 1 aliphatic carbocycles. The van der Waals surface area contributed by atoms with Gasteiger partial charge in [0.25, 0.3) is 0 Å². The van der Waals surface area contributed by atoms with Crippen molar-refractivity contribution in [2.24, 2.45) is 10.9 Å². The summed E-state index contributed by atoms with van der Waals surface area (Å²) in [5.41, 5.74) is 0. The number of guanidine groups is 1. The predicted octanol–water partition coefficient (Wildman–Crippen LogP) is -0.163. The van der Waals surface area contributed by atoms with Gasteiger partial charge in [0.2, 0.25) is 5.91 Å². The normalized spacial score (nSPS) is 25.8. The SMILES string of the molecule is CN(C)C(=O)CN=C(NC1CC1)N1CCN(CC2CCOC2)CC1. The highest BCUT2D eigenvalue weighted by Crippen LogP contribution is 2.20. The number of hydrogen-bond donors (Lipinski definition) is 1. The molecule has 3 fully saturated rings. The van der Waals surface area contributed by atoms with Crippen LogP contribution in [-0.2, 0) is 9.53 Å². The van der Waals surface area contributed by atoms with Crippen molar-refractivity contribution in [3.63, 3.8) is 0 Å². The molecule has 2 heterocycles. The molecule has 0 spiro atoms. The summed E-state index contributed by atoms with van der Waals surface area (Å²) >= 11 is 0. The molecule has 0 aromatic heterocycles. The molecule has 0 bridgehead atoms. The van der Waals surface area contributed by atoms with Gasteiger partial charge in [-0.05, 0) is 25.2 Å². The molecule has 2 aliphatic heterocycles. The minimum Gasteiger partial charge on any atom is -0.381 e. The zero-order chi connectivity index (χ0) is 16.9. The van der Waals surface area contributed by atoms with E-state index in [9.17, 15) is 4.79 Å². The van der Waals surface area contributed by atoms with Crippen molar-refractivity contribution in [3.05, 3.63) is 0 Å². The highest BCUT2D eigenvalue weighted by molar-refractivity contribution is 5.85. The van der Waals surface area contributed by atoms with Crippen LogP contribution < -0.4 is 5.32 Å². The Balaban J connectivity index is 1.50. The molecule has 1 unspecified atom stereocenters. The van der Waals surface area contributed by atoms with E-state index in [1.54, 1.807) is 19.0 Å². The van der Waals surface area contributed by atoms with Crippen molar-refractivity contribution in [2.75, 3.05) is 66.6 Å². The van der Waals surface area contributed by atoms with E-state index in [1.165, 1.54) is 19.3 Å². The Morgan fingerprint density at radius 1 is 1.21 bits per heavy atom. The zero-order valence-electron chi connectivity index (χ0n) is 15.0. The largest absolute Gasteiger partial charge is 0.381 e. The van der Waals surface area contributed by atoms with Crippen LogP contribution in [-0.4, -0.2) is 99.2 Å². The minimum atomic E-state index is 0.0463. The molecule has 1 amide bonds. The number of aliphatic imine (C=N–C) groups is 1. The van der Waals surface area contributed by atoms with Crippen LogP contribution in [0.25, 0.3) is 0 Å². The Hall–Kier alpha value is -1.34. The standard InChI is InChI=1S/C17H31N5O2/c1-20(2)16(23)11-18-17(19-15-3-4-15)22-8-6-21(7-9-22)12-14-5-10-24-13-14/h14-15H,3-13H2,1-2H3,(H,18,19). The maximum Gasteiger partial charge on any atom is 0.243 e. The third-order valence-corrected chi connectivity index (χ3v) is 4.99. The van der Waals surface area contributed by atoms with Gasteiger partial charge in [-0.1, -0.05) is 0 Å². The first-order chi connectivity index (χ1) is 11.6. The van der Waals surface area contributed by atoms with Crippen LogP contribution in [0.3, 0.4) is 0 Å². The summed E-state index contributed by atoms with van der Waals surface area (Å²) in [7, 11) is 3.55. The van der Waals surface area contributed by atoms with Gasteiger partial charge in [-0.25, -0.2) is 4.99 Å². The number of nitrogens with one attached hydrogen (secondary N) is 1. The highest BCUT2D eigenvalue weighted by atomic mass is 16.5. The second kappa shape index (κ2) is 8.16. The van der Waals surface area contributed by atoms with Gasteiger partial charge in [0.05, 0.1) is 6.61 Å². The smallest absolute Gasteiger partial charge is 0.243 e. The summed E-state index contributed by atoms with van der Waals surface area (Å²) in [6, 6.07) is 0.548. The molecule has 7 heteroatoms. The van der Waals surface area contributed by atoms with Gasteiger partial charge in [0.15, 0.2) is 5.96 Å². The van der Waals surface area contributed by atoms with Gasteiger partial charge in [0.1, 0.15) is 6.54 Å². The average molecular weight is 337 g/mol. The van der Waals surface area contributed by atoms with Crippen LogP contribution in [0.5, 0.6) is 0 Å². The van der Waals surface area contributed by atoms with E-state index in [-0.39, 0.29) is 12.5 Å². The molecule has 2 saturated heterocycles. The number of carbonyl (C=O) groups is 1. The van der Waals surface area contributed by atoms with Crippen molar-refractivity contribution >= 4 is 11.9 Å². The van der Waals surface area contributed by atoms with Crippen LogP contribution in [0.15, 0.2) is 4.99 Å². The van der Waals surface area contributed by atoms with Crippen LogP contribution >= 0.6 is 0 Å². The molecule has 1 N–H and O–H groups in total. The fraction of sp³-hybridized carbons (Fsp3) is 0.882. The van der Waals surface area contributed by atoms with E-state index in [0.717, 1.165) is 51.9 Å². The monoisotopic (exact) mass is 337 g/mol. The number of hydrogen-bond acceptors (Lipinski definition) is 4. The second-order valence-electron chi connectivity index (χ2n) is 7.36. The second-order valence-corrected chi connectivity index (χ2v) is 7.36. The van der Waals surface area contributed by atoms with Crippen LogP contribution in [0, 0.1) is 5.92 Å². The van der Waals surface area contributed by atoms with Crippen molar-refractivity contribution < 1.29 is 9.53 Å². The minimum absolute atomic E-state index is 0.0463. The number of ether oxygens (including phenoxy) is 1. The Bertz CT molecular complexity index is 450. The Morgan fingerprint density at radius 3 is 2.54 bits per heavy atom. The van der Waals surface area contributed by atoms with E-state index in [0.29, 0.717) is 12.0 Å². The summed E-state index contributed by atoms with van der Waals surface area (Å²) in [6.07, 6.45) is 3.62. The van der Waals surface area contributed by atoms with Gasteiger partial charge in [-0.2, -0.15) is 0 Å². The van der Waals surface area contributed by atoms with Crippen LogP contribution in [0.2, 0.25) is 0 Å². The lowest BCUT2D eigenvalue weighted by atomic mass is 10.1. The van der Waals surface area contributed by atoms with Crippen molar-refractivity contribution in [1.29, 1.82) is 0 Å². The lowest BCUT2D eigenvalue weighted by Crippen LogP contribution is -2.53. The molecule has 1 atom stereocenters. The third kappa shape index (κ3) is 5.08. The molecule has 3 aliphatic rings. The fourth-order valence-corrected chi connectivity index (χ4v) is 3.17. The van der Waals surface area contributed by atoms with Gasteiger partial charge in [-0.15, -0.1) is 0 Å². The molecule has 7 nitrogen and oxygen atoms in total. The molecule has 24 heavy (non-hydrogen) atoms. The summed E-state index contributed by atoms with van der Waals surface area (Å²) < 4.78 is 5.48. The summed E-state index contributed by atoms with van der Waals surface area (Å²) in [5.74, 6) is 1.66. The quantitative estimate of drug-likeness (QED) is 0.558. The van der Waals surface area contributed by atoms with Gasteiger partial charge < -0.3 is 19.9 Å². The number of rotatable bonds is 5. The summed E-state index contributed by atoms with van der Waals surface area (Å²) in [4.78, 5) is 22.9. The lowest BCUT2D eigenvalue weighted by Gasteiger charge is -2.37. The van der Waals surface area contributed by atoms with Gasteiger partial charge >= 0.3 is 0 Å². The van der Waals surface area contributed by atoms with E-state index in [2.05, 4.69) is 20.1 Å². The Kier molecular flexibility index (Phi) is 5.94.